The lowest BCUT2D eigenvalue weighted by molar-refractivity contribution is 0.172. The number of ether oxygens (including phenoxy) is 1. The summed E-state index contributed by atoms with van der Waals surface area (Å²) >= 11 is 0. The molecule has 318 valence electrons. The van der Waals surface area contributed by atoms with E-state index in [2.05, 4.69) is 19.7 Å². The highest BCUT2D eigenvalue weighted by atomic mass is 16.5. The number of methoxy groups -OCH3 is 1. The fourth-order valence-electron chi connectivity index (χ4n) is 1.35. The van der Waals surface area contributed by atoms with Gasteiger partial charge in [-0.25, -0.2) is 29.1 Å². The van der Waals surface area contributed by atoms with E-state index in [-0.39, 0.29) is 6.03 Å². The first-order chi connectivity index (χ1) is 25.2. The first-order valence-electron chi connectivity index (χ1n) is 12.5. The molecule has 3 heterocycles. The number of hydrogen-bond donors (Lipinski definition) is 15. The van der Waals surface area contributed by atoms with Crippen molar-refractivity contribution in [3.05, 3.63) is 56.2 Å². The summed E-state index contributed by atoms with van der Waals surface area (Å²) in [7, 11) is 16.3. The Morgan fingerprint density at radius 2 is 0.549 bits per heavy atom. The van der Waals surface area contributed by atoms with Crippen molar-refractivity contribution in [2.24, 2.45) is 0 Å². The van der Waals surface area contributed by atoms with Crippen LogP contribution >= 0.6 is 0 Å². The molecule has 0 radical (unpaired) electrons. The van der Waals surface area contributed by atoms with Crippen LogP contribution in [0.3, 0.4) is 0 Å². The Balaban J connectivity index is -0.0000000263. The van der Waals surface area contributed by atoms with Crippen LogP contribution in [0.5, 0.6) is 0 Å². The molecule has 0 amide bonds. The van der Waals surface area contributed by atoms with Crippen molar-refractivity contribution in [3.63, 3.8) is 0 Å². The van der Waals surface area contributed by atoms with Crippen LogP contribution in [0.1, 0.15) is 0 Å². The molecule has 24 heteroatoms. The molecule has 0 aromatic carbocycles. The van der Waals surface area contributed by atoms with Gasteiger partial charge in [-0.2, -0.15) is 0 Å². The van der Waals surface area contributed by atoms with Crippen LogP contribution in [0.15, 0.2) is 56.2 Å². The lowest BCUT2D eigenvalue weighted by Gasteiger charge is -1.98. The number of aliphatic hydroxyl groups excluding tert-OH is 15. The number of carbonyl (C=O) groups excluding carboxylic acids is 2. The lowest BCUT2D eigenvalue weighted by atomic mass is 10.8. The number of carbonyl (C=O) groups is 2. The molecule has 0 aliphatic heterocycles. The van der Waals surface area contributed by atoms with Crippen LogP contribution < -0.4 is 0 Å². The van der Waals surface area contributed by atoms with Gasteiger partial charge in [-0.05, 0) is 0 Å². The number of hydrogen-bond acceptors (Lipinski definition) is 21. The lowest BCUT2D eigenvalue weighted by Crippen LogP contribution is -2.15. The van der Waals surface area contributed by atoms with Gasteiger partial charge in [0.2, 0.25) is 0 Å². The molecule has 0 spiro atoms. The molecule has 15 N–H and O–H groups in total. The molecular weight excluding hydrogens is 696 g/mol. The van der Waals surface area contributed by atoms with Gasteiger partial charge in [0.15, 0.2) is 0 Å². The third-order valence-corrected chi connectivity index (χ3v) is 2.34. The Labute approximate surface area is 301 Å². The maximum Gasteiger partial charge on any atom is 0.418 e. The van der Waals surface area contributed by atoms with Crippen LogP contribution in [0.2, 0.25) is 0 Å². The zero-order chi connectivity index (χ0) is 45.1. The average molecular weight is 769 g/mol. The van der Waals surface area contributed by atoms with Crippen molar-refractivity contribution in [2.45, 2.75) is 0 Å². The summed E-state index contributed by atoms with van der Waals surface area (Å²) in [5.41, 5.74) is 0. The second-order valence-electron chi connectivity index (χ2n) is 3.66. The van der Waals surface area contributed by atoms with Crippen LogP contribution in [-0.2, 0) is 4.74 Å². The Morgan fingerprint density at radius 1 is 0.373 bits per heavy atom. The summed E-state index contributed by atoms with van der Waals surface area (Å²) in [6.45, 7) is 0. The minimum absolute atomic E-state index is 0.190. The highest BCUT2D eigenvalue weighted by Crippen LogP contribution is 1.92. The predicted octanol–water partition coefficient (Wildman–Crippen LogP) is -4.78. The van der Waals surface area contributed by atoms with Crippen molar-refractivity contribution < 1.29 is 90.9 Å². The van der Waals surface area contributed by atoms with E-state index in [0.29, 0.717) is 0 Å². The van der Waals surface area contributed by atoms with Crippen molar-refractivity contribution in [1.29, 1.82) is 0 Å². The minimum Gasteiger partial charge on any atom is -0.452 e. The fourth-order valence-corrected chi connectivity index (χ4v) is 1.35. The molecule has 0 atom stereocenters. The van der Waals surface area contributed by atoms with Crippen LogP contribution in [0, 0.1) is 0 Å². The van der Waals surface area contributed by atoms with E-state index in [0.717, 1.165) is 107 Å². The van der Waals surface area contributed by atoms with E-state index >= 15 is 0 Å². The van der Waals surface area contributed by atoms with Gasteiger partial charge in [0.1, 0.15) is 19.0 Å². The molecule has 0 unspecified atom stereocenters. The third kappa shape index (κ3) is 92.7. The second kappa shape index (κ2) is 161. The molecule has 3 rings (SSSR count). The van der Waals surface area contributed by atoms with E-state index in [1.54, 1.807) is 24.8 Å². The SMILES string of the molecule is CO.CO.CO.CO.CO.CO.CO.CO.CO.CO.CO.CO.CO.CO.CO.COC(=O)n1ccnc1.O=C(n1ccnc1)n1ccnc1. The Morgan fingerprint density at radius 3 is 0.686 bits per heavy atom. The maximum atomic E-state index is 11.4. The molecule has 0 saturated carbocycles. The summed E-state index contributed by atoms with van der Waals surface area (Å²) < 4.78 is 8.38. The molecule has 0 aliphatic carbocycles. The second-order valence-corrected chi connectivity index (χ2v) is 3.66. The van der Waals surface area contributed by atoms with E-state index in [1.165, 1.54) is 52.2 Å². The Kier molecular flexibility index (Phi) is 289. The van der Waals surface area contributed by atoms with Gasteiger partial charge in [-0.3, -0.25) is 9.13 Å². The number of rotatable bonds is 0. The molecule has 3 aromatic heterocycles. The molecular formula is C27H72N6O18. The van der Waals surface area contributed by atoms with Gasteiger partial charge in [-0.15, -0.1) is 0 Å². The zero-order valence-corrected chi connectivity index (χ0v) is 32.8. The van der Waals surface area contributed by atoms with Crippen LogP contribution in [-0.4, -0.2) is 231 Å². The Bertz CT molecular complexity index is 678. The predicted molar refractivity (Wildman–Crippen MR) is 193 cm³/mol. The first kappa shape index (κ1) is 91.4. The van der Waals surface area contributed by atoms with Gasteiger partial charge in [0.25, 0.3) is 0 Å². The number of aromatic nitrogens is 6. The summed E-state index contributed by atoms with van der Waals surface area (Å²) in [5, 5.41) is 105. The van der Waals surface area contributed by atoms with Gasteiger partial charge < -0.3 is 81.3 Å². The normalized spacial score (nSPS) is 5.71. The maximum absolute atomic E-state index is 11.4. The quantitative estimate of drug-likeness (QED) is 0.102. The topological polar surface area (TPSA) is 400 Å². The smallest absolute Gasteiger partial charge is 0.418 e. The van der Waals surface area contributed by atoms with E-state index in [4.69, 9.17) is 76.6 Å². The first-order valence-corrected chi connectivity index (χ1v) is 12.5. The van der Waals surface area contributed by atoms with Crippen LogP contribution in [0.4, 0.5) is 9.59 Å². The van der Waals surface area contributed by atoms with Gasteiger partial charge in [-0.1, -0.05) is 0 Å². The Hall–Kier alpha value is -3.83. The zero-order valence-electron chi connectivity index (χ0n) is 32.8. The molecule has 0 saturated heterocycles. The summed E-state index contributed by atoms with van der Waals surface area (Å²) in [4.78, 5) is 33.2. The largest absolute Gasteiger partial charge is 0.452 e. The highest BCUT2D eigenvalue weighted by molar-refractivity contribution is 5.78. The number of aliphatic hydroxyl groups is 15. The molecule has 24 nitrogen and oxygen atoms in total. The van der Waals surface area contributed by atoms with E-state index in [9.17, 15) is 9.59 Å². The van der Waals surface area contributed by atoms with Crippen LogP contribution in [0.25, 0.3) is 0 Å². The average Bonchev–Trinajstić information content (AvgIpc) is 4.15. The monoisotopic (exact) mass is 768 g/mol. The van der Waals surface area contributed by atoms with Gasteiger partial charge in [0.05, 0.1) is 7.11 Å². The van der Waals surface area contributed by atoms with Crippen molar-refractivity contribution in [3.8, 4) is 0 Å². The third-order valence-electron chi connectivity index (χ3n) is 2.34. The molecule has 3 aromatic rings. The van der Waals surface area contributed by atoms with Crippen molar-refractivity contribution >= 4 is 12.1 Å². The summed E-state index contributed by atoms with van der Waals surface area (Å²) in [5.74, 6) is 0. The highest BCUT2D eigenvalue weighted by Gasteiger charge is 2.03. The molecule has 0 aliphatic rings. The van der Waals surface area contributed by atoms with Crippen molar-refractivity contribution in [1.82, 2.24) is 28.7 Å². The van der Waals surface area contributed by atoms with Gasteiger partial charge in [0, 0.05) is 144 Å². The summed E-state index contributed by atoms with van der Waals surface area (Å²) in [6.07, 6.45) is 13.2. The fraction of sp³-hybridized carbons (Fsp3) is 0.593. The summed E-state index contributed by atoms with van der Waals surface area (Å²) in [6, 6.07) is -0.190. The molecule has 0 bridgehead atoms. The van der Waals surface area contributed by atoms with E-state index < -0.39 is 6.09 Å². The standard InChI is InChI=1S/C7H6N4O.C5H6N2O2.15CH4O/c12-7(10-3-1-8-5-10)11-4-2-9-6-11;1-9-5(8)7-3-2-6-4-7;15*1-2/h1-6H;2-4H,1H3;15*2H,1H3. The molecule has 51 heavy (non-hydrogen) atoms. The van der Waals surface area contributed by atoms with Gasteiger partial charge >= 0.3 is 12.1 Å². The van der Waals surface area contributed by atoms with Crippen molar-refractivity contribution in [2.75, 3.05) is 114 Å². The molecule has 0 fully saturated rings. The minimum atomic E-state index is -0.424. The van der Waals surface area contributed by atoms with E-state index in [1.807, 2.05) is 0 Å². The number of nitrogens with zero attached hydrogens (tertiary/aromatic N) is 6. The number of imidazole rings is 3.